The summed E-state index contributed by atoms with van der Waals surface area (Å²) in [5.74, 6) is 2.96. The van der Waals surface area contributed by atoms with Crippen LogP contribution in [0.15, 0.2) is 59.9 Å². The lowest BCUT2D eigenvalue weighted by Gasteiger charge is -2.38. The maximum atomic E-state index is 10.1. The van der Waals surface area contributed by atoms with Gasteiger partial charge in [-0.2, -0.15) is 0 Å². The molecule has 0 radical (unpaired) electrons. The SMILES string of the molecule is COc1ccc2nccc(CCC[C@@H]3CCN(CCCSc4ccccn4)C[C@@H]3CO)c2c1. The number of ether oxygens (including phenoxy) is 1. The van der Waals surface area contributed by atoms with Gasteiger partial charge in [-0.1, -0.05) is 6.07 Å². The third kappa shape index (κ3) is 6.69. The number of benzene rings is 1. The number of fused-ring (bicyclic) bond motifs is 1. The molecule has 1 N–H and O–H groups in total. The van der Waals surface area contributed by atoms with Crippen LogP contribution in [-0.4, -0.2) is 59.1 Å². The zero-order valence-corrected chi connectivity index (χ0v) is 20.3. The van der Waals surface area contributed by atoms with Crippen LogP contribution in [0.3, 0.4) is 0 Å². The minimum Gasteiger partial charge on any atom is -0.497 e. The van der Waals surface area contributed by atoms with Crippen LogP contribution in [0, 0.1) is 11.8 Å². The Kier molecular flexibility index (Phi) is 8.98. The highest BCUT2D eigenvalue weighted by molar-refractivity contribution is 7.99. The summed E-state index contributed by atoms with van der Waals surface area (Å²) in [4.78, 5) is 11.4. The van der Waals surface area contributed by atoms with Crippen molar-refractivity contribution in [2.45, 2.75) is 37.1 Å². The fourth-order valence-corrected chi connectivity index (χ4v) is 5.72. The fraction of sp³-hybridized carbons (Fsp3) is 0.481. The molecule has 3 aromatic rings. The highest BCUT2D eigenvalue weighted by Crippen LogP contribution is 2.30. The first kappa shape index (κ1) is 24.0. The van der Waals surface area contributed by atoms with E-state index in [1.165, 1.54) is 23.8 Å². The number of hydrogen-bond donors (Lipinski definition) is 1. The van der Waals surface area contributed by atoms with Gasteiger partial charge >= 0.3 is 0 Å². The summed E-state index contributed by atoms with van der Waals surface area (Å²) in [6.07, 6.45) is 9.44. The molecule has 176 valence electrons. The average molecular weight is 466 g/mol. The second kappa shape index (κ2) is 12.4. The first-order chi connectivity index (χ1) is 16.3. The van der Waals surface area contributed by atoms with E-state index in [0.29, 0.717) is 18.4 Å². The van der Waals surface area contributed by atoms with E-state index in [-0.39, 0.29) is 0 Å². The summed E-state index contributed by atoms with van der Waals surface area (Å²) >= 11 is 1.83. The fourth-order valence-electron chi connectivity index (χ4n) is 4.93. The third-order valence-electron chi connectivity index (χ3n) is 6.78. The van der Waals surface area contributed by atoms with Gasteiger partial charge in [0.25, 0.3) is 0 Å². The number of nitrogens with zero attached hydrogens (tertiary/aromatic N) is 3. The summed E-state index contributed by atoms with van der Waals surface area (Å²) in [5.41, 5.74) is 2.36. The van der Waals surface area contributed by atoms with Gasteiger partial charge in [0, 0.05) is 36.7 Å². The summed E-state index contributed by atoms with van der Waals surface area (Å²) < 4.78 is 5.41. The van der Waals surface area contributed by atoms with Gasteiger partial charge in [0.15, 0.2) is 0 Å². The van der Waals surface area contributed by atoms with Crippen LogP contribution in [0.5, 0.6) is 5.75 Å². The molecule has 2 aromatic heterocycles. The van der Waals surface area contributed by atoms with E-state index in [1.807, 2.05) is 48.4 Å². The van der Waals surface area contributed by atoms with Crippen molar-refractivity contribution in [3.8, 4) is 5.75 Å². The van der Waals surface area contributed by atoms with E-state index in [1.54, 1.807) is 7.11 Å². The molecule has 0 bridgehead atoms. The van der Waals surface area contributed by atoms with Crippen LogP contribution >= 0.6 is 11.8 Å². The number of aromatic nitrogens is 2. The molecule has 5 nitrogen and oxygen atoms in total. The molecular formula is C27H35N3O2S. The van der Waals surface area contributed by atoms with E-state index in [2.05, 4.69) is 33.1 Å². The molecule has 0 unspecified atom stereocenters. The molecule has 6 heteroatoms. The first-order valence-corrected chi connectivity index (χ1v) is 13.0. The Bertz CT molecular complexity index is 1000. The summed E-state index contributed by atoms with van der Waals surface area (Å²) in [7, 11) is 1.71. The van der Waals surface area contributed by atoms with Gasteiger partial charge in [-0.15, -0.1) is 11.8 Å². The number of piperidine rings is 1. The lowest BCUT2D eigenvalue weighted by Crippen LogP contribution is -2.42. The van der Waals surface area contributed by atoms with Crippen molar-refractivity contribution in [3.05, 3.63) is 60.4 Å². The maximum absolute atomic E-state index is 10.1. The smallest absolute Gasteiger partial charge is 0.119 e. The molecule has 0 spiro atoms. The zero-order valence-electron chi connectivity index (χ0n) is 19.5. The predicted octanol–water partition coefficient (Wildman–Crippen LogP) is 5.07. The molecule has 33 heavy (non-hydrogen) atoms. The van der Waals surface area contributed by atoms with E-state index in [9.17, 15) is 5.11 Å². The van der Waals surface area contributed by atoms with Crippen molar-refractivity contribution in [2.24, 2.45) is 11.8 Å². The van der Waals surface area contributed by atoms with Gasteiger partial charge in [0.05, 0.1) is 17.7 Å². The highest BCUT2D eigenvalue weighted by Gasteiger charge is 2.28. The lowest BCUT2D eigenvalue weighted by molar-refractivity contribution is 0.0677. The Labute approximate surface area is 201 Å². The molecule has 1 saturated heterocycles. The summed E-state index contributed by atoms with van der Waals surface area (Å²) in [6, 6.07) is 14.3. The maximum Gasteiger partial charge on any atom is 0.119 e. The normalized spacial score (nSPS) is 19.1. The van der Waals surface area contributed by atoms with Crippen molar-refractivity contribution in [1.82, 2.24) is 14.9 Å². The number of aliphatic hydroxyl groups is 1. The lowest BCUT2D eigenvalue weighted by atomic mass is 9.82. The van der Waals surface area contributed by atoms with E-state index in [4.69, 9.17) is 4.74 Å². The van der Waals surface area contributed by atoms with Crippen LogP contribution in [0.25, 0.3) is 10.9 Å². The largest absolute Gasteiger partial charge is 0.497 e. The van der Waals surface area contributed by atoms with Gasteiger partial charge in [-0.25, -0.2) is 4.98 Å². The zero-order chi connectivity index (χ0) is 22.9. The molecule has 4 rings (SSSR count). The minimum absolute atomic E-state index is 0.291. The van der Waals surface area contributed by atoms with Gasteiger partial charge in [-0.05, 0) is 99.0 Å². The molecular weight excluding hydrogens is 430 g/mol. The Morgan fingerprint density at radius 1 is 1.09 bits per heavy atom. The van der Waals surface area contributed by atoms with Gasteiger partial charge < -0.3 is 14.7 Å². The van der Waals surface area contributed by atoms with Crippen LogP contribution in [-0.2, 0) is 6.42 Å². The van der Waals surface area contributed by atoms with Crippen molar-refractivity contribution in [2.75, 3.05) is 39.1 Å². The number of hydrogen-bond acceptors (Lipinski definition) is 6. The molecule has 1 aliphatic rings. The van der Waals surface area contributed by atoms with Crippen LogP contribution in [0.2, 0.25) is 0 Å². The number of likely N-dealkylation sites (tertiary alicyclic amines) is 1. The Hall–Kier alpha value is -2.15. The molecule has 1 aromatic carbocycles. The Balaban J connectivity index is 1.22. The second-order valence-corrected chi connectivity index (χ2v) is 10.0. The second-order valence-electron chi connectivity index (χ2n) is 8.91. The van der Waals surface area contributed by atoms with Gasteiger partial charge in [0.2, 0.25) is 0 Å². The van der Waals surface area contributed by atoms with Crippen molar-refractivity contribution >= 4 is 22.7 Å². The average Bonchev–Trinajstić information content (AvgIpc) is 2.87. The number of pyridine rings is 2. The highest BCUT2D eigenvalue weighted by atomic mass is 32.2. The number of methoxy groups -OCH3 is 1. The molecule has 1 fully saturated rings. The van der Waals surface area contributed by atoms with E-state index < -0.39 is 0 Å². The van der Waals surface area contributed by atoms with Crippen molar-refractivity contribution < 1.29 is 9.84 Å². The molecule has 2 atom stereocenters. The Morgan fingerprint density at radius 3 is 2.85 bits per heavy atom. The number of aliphatic hydroxyl groups excluding tert-OH is 1. The minimum atomic E-state index is 0.291. The molecule has 0 aliphatic carbocycles. The standard InChI is InChI=1S/C27H35N3O2S/c1-32-24-9-10-26-25(18-24)22(11-14-28-26)7-4-6-21-12-16-30(19-23(21)20-31)15-5-17-33-27-8-2-3-13-29-27/h2-3,8-11,13-14,18,21,23,31H,4-7,12,15-17,19-20H2,1H3/t21-,23-/m1/s1. The number of aryl methyl sites for hydroxylation is 1. The van der Waals surface area contributed by atoms with Crippen molar-refractivity contribution in [3.63, 3.8) is 0 Å². The van der Waals surface area contributed by atoms with Gasteiger partial charge in [0.1, 0.15) is 5.75 Å². The van der Waals surface area contributed by atoms with E-state index >= 15 is 0 Å². The summed E-state index contributed by atoms with van der Waals surface area (Å²) in [5, 5.41) is 12.3. The van der Waals surface area contributed by atoms with Gasteiger partial charge in [-0.3, -0.25) is 4.98 Å². The third-order valence-corrected chi connectivity index (χ3v) is 7.81. The molecule has 3 heterocycles. The first-order valence-electron chi connectivity index (χ1n) is 12.1. The van der Waals surface area contributed by atoms with Crippen LogP contribution in [0.1, 0.15) is 31.2 Å². The predicted molar refractivity (Wildman–Crippen MR) is 136 cm³/mol. The summed E-state index contributed by atoms with van der Waals surface area (Å²) in [6.45, 7) is 3.56. The number of rotatable bonds is 11. The topological polar surface area (TPSA) is 58.5 Å². The van der Waals surface area contributed by atoms with E-state index in [0.717, 1.165) is 60.9 Å². The monoisotopic (exact) mass is 465 g/mol. The number of thioether (sulfide) groups is 1. The quantitative estimate of drug-likeness (QED) is 0.315. The van der Waals surface area contributed by atoms with Crippen molar-refractivity contribution in [1.29, 1.82) is 0 Å². The Morgan fingerprint density at radius 2 is 2.03 bits per heavy atom. The van der Waals surface area contributed by atoms with Crippen LogP contribution < -0.4 is 4.74 Å². The molecule has 1 aliphatic heterocycles. The van der Waals surface area contributed by atoms with Crippen LogP contribution in [0.4, 0.5) is 0 Å². The molecule has 0 saturated carbocycles. The molecule has 0 amide bonds.